The smallest absolute Gasteiger partial charge is 0.216 e. The van der Waals surface area contributed by atoms with Crippen LogP contribution in [0.5, 0.6) is 0 Å². The minimum atomic E-state index is -1.70. The minimum Gasteiger partial charge on any atom is -0.388 e. The summed E-state index contributed by atoms with van der Waals surface area (Å²) in [5, 5.41) is 9.74. The van der Waals surface area contributed by atoms with Crippen molar-refractivity contribution in [1.29, 1.82) is 0 Å². The summed E-state index contributed by atoms with van der Waals surface area (Å²) in [5.41, 5.74) is 1.85. The van der Waals surface area contributed by atoms with Crippen LogP contribution >= 0.6 is 34.8 Å². The number of aliphatic hydroxyl groups is 1. The summed E-state index contributed by atoms with van der Waals surface area (Å²) in [5.74, 6) is 0.685. The molecule has 17 heavy (non-hydrogen) atoms. The van der Waals surface area contributed by atoms with Gasteiger partial charge in [-0.05, 0) is 12.1 Å². The molecule has 0 aliphatic heterocycles. The number of hydrogen-bond acceptors (Lipinski definition) is 2. The van der Waals surface area contributed by atoms with Crippen molar-refractivity contribution >= 4 is 45.8 Å². The van der Waals surface area contributed by atoms with Crippen LogP contribution in [0, 0.1) is 0 Å². The van der Waals surface area contributed by atoms with Crippen LogP contribution in [0.3, 0.4) is 0 Å². The average molecular weight is 294 g/mol. The van der Waals surface area contributed by atoms with Crippen molar-refractivity contribution in [2.24, 2.45) is 7.05 Å². The van der Waals surface area contributed by atoms with Gasteiger partial charge in [-0.15, -0.1) is 0 Å². The molecule has 1 atom stereocenters. The number of aliphatic hydroxyl groups excluding tert-OH is 1. The summed E-state index contributed by atoms with van der Waals surface area (Å²) >= 11 is 16.9. The monoisotopic (exact) mass is 292 g/mol. The second-order valence-electron chi connectivity index (χ2n) is 3.84. The van der Waals surface area contributed by atoms with E-state index in [9.17, 15) is 5.11 Å². The van der Waals surface area contributed by atoms with Crippen molar-refractivity contribution < 1.29 is 5.11 Å². The molecule has 0 bridgehead atoms. The highest BCUT2D eigenvalue weighted by atomic mass is 35.6. The largest absolute Gasteiger partial charge is 0.388 e. The third-order valence-corrected chi connectivity index (χ3v) is 3.39. The van der Waals surface area contributed by atoms with E-state index in [1.807, 2.05) is 35.9 Å². The van der Waals surface area contributed by atoms with Crippen LogP contribution in [0.25, 0.3) is 11.0 Å². The summed E-state index contributed by atoms with van der Waals surface area (Å²) in [7, 11) is 1.87. The van der Waals surface area contributed by atoms with E-state index >= 15 is 0 Å². The molecule has 6 heteroatoms. The van der Waals surface area contributed by atoms with Crippen molar-refractivity contribution in [3.8, 4) is 0 Å². The molecule has 0 aliphatic carbocycles. The van der Waals surface area contributed by atoms with Gasteiger partial charge in [0.2, 0.25) is 3.79 Å². The van der Waals surface area contributed by atoms with Crippen LogP contribution in [0.1, 0.15) is 5.82 Å². The Hall–Kier alpha value is -0.480. The Kier molecular flexibility index (Phi) is 3.55. The summed E-state index contributed by atoms with van der Waals surface area (Å²) in [6.45, 7) is 0. The lowest BCUT2D eigenvalue weighted by Crippen LogP contribution is -2.28. The Morgan fingerprint density at radius 2 is 2.00 bits per heavy atom. The van der Waals surface area contributed by atoms with Gasteiger partial charge in [0.15, 0.2) is 0 Å². The van der Waals surface area contributed by atoms with Crippen LogP contribution in [0.2, 0.25) is 0 Å². The zero-order valence-corrected chi connectivity index (χ0v) is 11.3. The quantitative estimate of drug-likeness (QED) is 0.865. The number of imidazole rings is 1. The lowest BCUT2D eigenvalue weighted by molar-refractivity contribution is 0.176. The van der Waals surface area contributed by atoms with E-state index in [0.717, 1.165) is 11.0 Å². The van der Waals surface area contributed by atoms with E-state index in [1.54, 1.807) is 0 Å². The van der Waals surface area contributed by atoms with Crippen LogP contribution in [0.4, 0.5) is 0 Å². The van der Waals surface area contributed by atoms with Gasteiger partial charge in [0.25, 0.3) is 0 Å². The Morgan fingerprint density at radius 1 is 1.35 bits per heavy atom. The molecule has 0 saturated carbocycles. The number of nitrogens with zero attached hydrogens (tertiary/aromatic N) is 2. The molecule has 1 aromatic heterocycles. The van der Waals surface area contributed by atoms with Gasteiger partial charge in [0.1, 0.15) is 11.9 Å². The first-order chi connectivity index (χ1) is 7.89. The Labute approximate surface area is 114 Å². The molecule has 0 saturated heterocycles. The zero-order valence-electron chi connectivity index (χ0n) is 9.07. The standard InChI is InChI=1S/C11H11Cl3N2O/c1-16-8-5-3-2-4-7(8)15-10(16)6-9(17)11(12,13)14/h2-5,9,17H,6H2,1H3/t9-/m1/s1. The number of rotatable bonds is 2. The second-order valence-corrected chi connectivity index (χ2v) is 6.21. The van der Waals surface area contributed by atoms with Gasteiger partial charge in [-0.25, -0.2) is 4.98 Å². The van der Waals surface area contributed by atoms with Crippen molar-refractivity contribution in [2.45, 2.75) is 16.3 Å². The highest BCUT2D eigenvalue weighted by Gasteiger charge is 2.32. The first kappa shape index (κ1) is 13.0. The molecule has 92 valence electrons. The normalized spacial score (nSPS) is 14.2. The molecular formula is C11H11Cl3N2O. The van der Waals surface area contributed by atoms with E-state index in [4.69, 9.17) is 34.8 Å². The molecule has 2 aromatic rings. The number of aromatic nitrogens is 2. The zero-order chi connectivity index (χ0) is 12.6. The Morgan fingerprint density at radius 3 is 2.59 bits per heavy atom. The molecule has 0 fully saturated rings. The predicted octanol–water partition coefficient (Wildman–Crippen LogP) is 2.85. The second kappa shape index (κ2) is 4.65. The van der Waals surface area contributed by atoms with Crippen molar-refractivity contribution in [2.75, 3.05) is 0 Å². The minimum absolute atomic E-state index is 0.196. The SMILES string of the molecule is Cn1c(C[C@@H](O)C(Cl)(Cl)Cl)nc2ccccc21. The number of aryl methyl sites for hydroxylation is 1. The van der Waals surface area contributed by atoms with Gasteiger partial charge >= 0.3 is 0 Å². The molecule has 1 N–H and O–H groups in total. The molecular weight excluding hydrogens is 282 g/mol. The van der Waals surface area contributed by atoms with Gasteiger partial charge in [0.05, 0.1) is 11.0 Å². The molecule has 1 aromatic carbocycles. The number of hydrogen-bond donors (Lipinski definition) is 1. The summed E-state index contributed by atoms with van der Waals surface area (Å²) < 4.78 is 0.188. The van der Waals surface area contributed by atoms with Crippen molar-refractivity contribution in [3.05, 3.63) is 30.1 Å². The van der Waals surface area contributed by atoms with Crippen LogP contribution in [-0.2, 0) is 13.5 Å². The average Bonchev–Trinajstić information content (AvgIpc) is 2.55. The van der Waals surface area contributed by atoms with Crippen LogP contribution in [0.15, 0.2) is 24.3 Å². The highest BCUT2D eigenvalue weighted by Crippen LogP contribution is 2.32. The number of halogens is 3. The first-order valence-electron chi connectivity index (χ1n) is 5.04. The molecule has 0 radical (unpaired) electrons. The van der Waals surface area contributed by atoms with Crippen LogP contribution < -0.4 is 0 Å². The fourth-order valence-electron chi connectivity index (χ4n) is 1.67. The van der Waals surface area contributed by atoms with E-state index in [1.165, 1.54) is 0 Å². The first-order valence-corrected chi connectivity index (χ1v) is 6.18. The third-order valence-electron chi connectivity index (χ3n) is 2.63. The Bertz CT molecular complexity index is 533. The molecule has 0 unspecified atom stereocenters. The highest BCUT2D eigenvalue weighted by molar-refractivity contribution is 6.68. The van der Waals surface area contributed by atoms with Gasteiger partial charge in [0, 0.05) is 13.5 Å². The number of para-hydroxylation sites is 2. The molecule has 0 amide bonds. The van der Waals surface area contributed by atoms with E-state index in [-0.39, 0.29) is 6.42 Å². The van der Waals surface area contributed by atoms with Crippen molar-refractivity contribution in [1.82, 2.24) is 9.55 Å². The number of fused-ring (bicyclic) bond motifs is 1. The number of alkyl halides is 3. The molecule has 0 aliphatic rings. The van der Waals surface area contributed by atoms with Crippen LogP contribution in [-0.4, -0.2) is 24.6 Å². The third kappa shape index (κ3) is 2.68. The summed E-state index contributed by atoms with van der Waals surface area (Å²) in [6, 6.07) is 7.69. The fourth-order valence-corrected chi connectivity index (χ4v) is 1.90. The number of benzene rings is 1. The predicted molar refractivity (Wildman–Crippen MR) is 70.7 cm³/mol. The maximum absolute atomic E-state index is 9.74. The lowest BCUT2D eigenvalue weighted by atomic mass is 10.2. The van der Waals surface area contributed by atoms with Gasteiger partial charge in [-0.2, -0.15) is 0 Å². The summed E-state index contributed by atoms with van der Waals surface area (Å²) in [6.07, 6.45) is -0.884. The molecule has 3 nitrogen and oxygen atoms in total. The van der Waals surface area contributed by atoms with Gasteiger partial charge < -0.3 is 9.67 Å². The van der Waals surface area contributed by atoms with Gasteiger partial charge in [-0.1, -0.05) is 46.9 Å². The van der Waals surface area contributed by atoms with E-state index in [2.05, 4.69) is 4.98 Å². The molecule has 0 spiro atoms. The maximum atomic E-state index is 9.74. The maximum Gasteiger partial charge on any atom is 0.216 e. The van der Waals surface area contributed by atoms with Crippen molar-refractivity contribution in [3.63, 3.8) is 0 Å². The molecule has 1 heterocycles. The fraction of sp³-hybridized carbons (Fsp3) is 0.364. The van der Waals surface area contributed by atoms with Gasteiger partial charge in [-0.3, -0.25) is 0 Å². The summed E-state index contributed by atoms with van der Waals surface area (Å²) in [4.78, 5) is 4.39. The van der Waals surface area contributed by atoms with E-state index in [0.29, 0.717) is 5.82 Å². The Balaban J connectivity index is 2.34. The van der Waals surface area contributed by atoms with E-state index < -0.39 is 9.90 Å². The molecule has 2 rings (SSSR count). The lowest BCUT2D eigenvalue weighted by Gasteiger charge is -2.18. The topological polar surface area (TPSA) is 38.0 Å².